The molecule has 0 aliphatic heterocycles. The summed E-state index contributed by atoms with van der Waals surface area (Å²) < 4.78 is 0. The third kappa shape index (κ3) is 2.21. The summed E-state index contributed by atoms with van der Waals surface area (Å²) >= 11 is 6.11. The van der Waals surface area contributed by atoms with Crippen molar-refractivity contribution in [3.8, 4) is 0 Å². The highest BCUT2D eigenvalue weighted by molar-refractivity contribution is 6.21. The molecule has 0 N–H and O–H groups in total. The maximum absolute atomic E-state index is 6.11. The number of hydrogen-bond donors (Lipinski definition) is 0. The van der Waals surface area contributed by atoms with E-state index in [0.717, 1.165) is 12.1 Å². The minimum absolute atomic E-state index is 0.194. The van der Waals surface area contributed by atoms with Gasteiger partial charge in [0, 0.05) is 23.2 Å². The van der Waals surface area contributed by atoms with Crippen molar-refractivity contribution >= 4 is 11.6 Å². The molecule has 1 nitrogen and oxygen atoms in total. The van der Waals surface area contributed by atoms with Crippen LogP contribution in [0.3, 0.4) is 0 Å². The summed E-state index contributed by atoms with van der Waals surface area (Å²) in [5, 5.41) is 0.194. The average Bonchev–Trinajstić information content (AvgIpc) is 2.17. The normalized spacial score (nSPS) is 15.6. The summed E-state index contributed by atoms with van der Waals surface area (Å²) in [7, 11) is 0. The molecule has 1 rings (SSSR count). The first-order valence-corrected chi connectivity index (χ1v) is 4.74. The summed E-state index contributed by atoms with van der Waals surface area (Å²) in [4.78, 5) is 4.26. The van der Waals surface area contributed by atoms with E-state index in [9.17, 15) is 0 Å². The highest BCUT2D eigenvalue weighted by Crippen LogP contribution is 2.23. The van der Waals surface area contributed by atoms with Gasteiger partial charge in [-0.2, -0.15) is 0 Å². The van der Waals surface area contributed by atoms with Gasteiger partial charge in [-0.25, -0.2) is 0 Å². The van der Waals surface area contributed by atoms with Crippen LogP contribution >= 0.6 is 11.6 Å². The van der Waals surface area contributed by atoms with Crippen molar-refractivity contribution in [1.82, 2.24) is 4.98 Å². The lowest BCUT2D eigenvalue weighted by molar-refractivity contribution is 0.657. The molecule has 0 saturated carbocycles. The van der Waals surface area contributed by atoms with Crippen LogP contribution in [0.15, 0.2) is 24.4 Å². The lowest BCUT2D eigenvalue weighted by Crippen LogP contribution is -2.09. The van der Waals surface area contributed by atoms with Crippen LogP contribution in [0.5, 0.6) is 0 Å². The van der Waals surface area contributed by atoms with Gasteiger partial charge in [-0.15, -0.1) is 11.6 Å². The molecule has 0 bridgehead atoms. The second kappa shape index (κ2) is 4.46. The second-order valence-electron chi connectivity index (χ2n) is 2.97. The van der Waals surface area contributed by atoms with E-state index in [-0.39, 0.29) is 5.38 Å². The molecule has 0 aliphatic rings. The summed E-state index contributed by atoms with van der Waals surface area (Å²) in [6.07, 6.45) is 2.80. The number of rotatable bonds is 3. The average molecular weight is 184 g/mol. The Labute approximate surface area is 78.8 Å². The van der Waals surface area contributed by atoms with E-state index in [0.29, 0.717) is 5.92 Å². The molecule has 0 aliphatic carbocycles. The van der Waals surface area contributed by atoms with E-state index in [4.69, 9.17) is 11.6 Å². The monoisotopic (exact) mass is 183 g/mol. The van der Waals surface area contributed by atoms with Gasteiger partial charge in [-0.3, -0.25) is 4.98 Å². The minimum Gasteiger partial charge on any atom is -0.261 e. The third-order valence-electron chi connectivity index (χ3n) is 2.09. The van der Waals surface area contributed by atoms with Gasteiger partial charge in [-0.05, 0) is 18.6 Å². The van der Waals surface area contributed by atoms with Crippen LogP contribution in [-0.4, -0.2) is 10.4 Å². The van der Waals surface area contributed by atoms with Crippen LogP contribution in [0.1, 0.15) is 31.9 Å². The fourth-order valence-corrected chi connectivity index (χ4v) is 1.31. The van der Waals surface area contributed by atoms with Crippen molar-refractivity contribution in [1.29, 1.82) is 0 Å². The van der Waals surface area contributed by atoms with Gasteiger partial charge in [0.1, 0.15) is 0 Å². The number of hydrogen-bond acceptors (Lipinski definition) is 1. The number of pyridine rings is 1. The third-order valence-corrected chi connectivity index (χ3v) is 2.77. The van der Waals surface area contributed by atoms with Crippen molar-refractivity contribution in [3.05, 3.63) is 30.1 Å². The Morgan fingerprint density at radius 3 is 2.75 bits per heavy atom. The molecule has 0 saturated heterocycles. The quantitative estimate of drug-likeness (QED) is 0.656. The van der Waals surface area contributed by atoms with Gasteiger partial charge in [0.2, 0.25) is 0 Å². The van der Waals surface area contributed by atoms with E-state index in [1.807, 2.05) is 24.4 Å². The summed E-state index contributed by atoms with van der Waals surface area (Å²) in [5.41, 5.74) is 1.08. The number of aromatic nitrogens is 1. The Hall–Kier alpha value is -0.560. The smallest absolute Gasteiger partial charge is 0.0446 e. The lowest BCUT2D eigenvalue weighted by Gasteiger charge is -2.14. The topological polar surface area (TPSA) is 12.9 Å². The summed E-state index contributed by atoms with van der Waals surface area (Å²) in [5.74, 6) is 0.345. The van der Waals surface area contributed by atoms with Crippen LogP contribution in [0.25, 0.3) is 0 Å². The first-order valence-electron chi connectivity index (χ1n) is 4.30. The maximum Gasteiger partial charge on any atom is 0.0446 e. The van der Waals surface area contributed by atoms with E-state index < -0.39 is 0 Å². The molecule has 1 aromatic heterocycles. The molecule has 0 aromatic carbocycles. The number of alkyl halides is 1. The Morgan fingerprint density at radius 2 is 2.25 bits per heavy atom. The zero-order chi connectivity index (χ0) is 8.97. The van der Waals surface area contributed by atoms with Gasteiger partial charge in [0.15, 0.2) is 0 Å². The van der Waals surface area contributed by atoms with Crippen LogP contribution in [0.4, 0.5) is 0 Å². The van der Waals surface area contributed by atoms with Crippen molar-refractivity contribution < 1.29 is 0 Å². The predicted molar refractivity (Wildman–Crippen MR) is 52.6 cm³/mol. The van der Waals surface area contributed by atoms with Gasteiger partial charge in [0.25, 0.3) is 0 Å². The SMILES string of the molecule is CCC(Cl)C(C)c1ccccn1. The lowest BCUT2D eigenvalue weighted by atomic mass is 10.0. The molecule has 2 unspecified atom stereocenters. The van der Waals surface area contributed by atoms with E-state index in [1.165, 1.54) is 0 Å². The number of halogens is 1. The summed E-state index contributed by atoms with van der Waals surface area (Å²) in [6.45, 7) is 4.21. The first-order chi connectivity index (χ1) is 5.75. The molecule has 0 radical (unpaired) electrons. The van der Waals surface area contributed by atoms with Crippen molar-refractivity contribution in [2.45, 2.75) is 31.6 Å². The minimum atomic E-state index is 0.194. The van der Waals surface area contributed by atoms with Gasteiger partial charge < -0.3 is 0 Å². The molecular formula is C10H14ClN. The van der Waals surface area contributed by atoms with E-state index in [2.05, 4.69) is 18.8 Å². The largest absolute Gasteiger partial charge is 0.261 e. The molecule has 0 spiro atoms. The Morgan fingerprint density at radius 1 is 1.50 bits per heavy atom. The zero-order valence-electron chi connectivity index (χ0n) is 7.50. The molecule has 2 atom stereocenters. The Bertz CT molecular complexity index is 223. The van der Waals surface area contributed by atoms with Crippen LogP contribution in [0, 0.1) is 0 Å². The zero-order valence-corrected chi connectivity index (χ0v) is 8.25. The molecule has 1 heterocycles. The standard InChI is InChI=1S/C10H14ClN/c1-3-9(11)8(2)10-6-4-5-7-12-10/h4-9H,3H2,1-2H3. The summed E-state index contributed by atoms with van der Waals surface area (Å²) in [6, 6.07) is 5.94. The van der Waals surface area contributed by atoms with Crippen molar-refractivity contribution in [2.75, 3.05) is 0 Å². The fraction of sp³-hybridized carbons (Fsp3) is 0.500. The second-order valence-corrected chi connectivity index (χ2v) is 3.53. The van der Waals surface area contributed by atoms with Crippen LogP contribution in [-0.2, 0) is 0 Å². The van der Waals surface area contributed by atoms with Crippen molar-refractivity contribution in [3.63, 3.8) is 0 Å². The van der Waals surface area contributed by atoms with Gasteiger partial charge in [0.05, 0.1) is 0 Å². The Kier molecular flexibility index (Phi) is 3.54. The van der Waals surface area contributed by atoms with E-state index in [1.54, 1.807) is 0 Å². The van der Waals surface area contributed by atoms with Crippen molar-refractivity contribution in [2.24, 2.45) is 0 Å². The predicted octanol–water partition coefficient (Wildman–Crippen LogP) is 3.20. The van der Waals surface area contributed by atoms with Crippen LogP contribution in [0.2, 0.25) is 0 Å². The first kappa shape index (κ1) is 9.53. The highest BCUT2D eigenvalue weighted by Gasteiger charge is 2.14. The molecule has 0 fully saturated rings. The Balaban J connectivity index is 2.71. The molecule has 66 valence electrons. The van der Waals surface area contributed by atoms with Gasteiger partial charge >= 0.3 is 0 Å². The molecule has 12 heavy (non-hydrogen) atoms. The van der Waals surface area contributed by atoms with Crippen LogP contribution < -0.4 is 0 Å². The molecule has 1 aromatic rings. The highest BCUT2D eigenvalue weighted by atomic mass is 35.5. The van der Waals surface area contributed by atoms with Gasteiger partial charge in [-0.1, -0.05) is 19.9 Å². The molecule has 2 heteroatoms. The molecular weight excluding hydrogens is 170 g/mol. The van der Waals surface area contributed by atoms with E-state index >= 15 is 0 Å². The molecule has 0 amide bonds. The number of nitrogens with zero attached hydrogens (tertiary/aromatic N) is 1. The maximum atomic E-state index is 6.11. The fourth-order valence-electron chi connectivity index (χ4n) is 1.18.